The molecule has 42 heavy (non-hydrogen) atoms. The van der Waals surface area contributed by atoms with E-state index < -0.39 is 24.0 Å². The number of piperazine rings is 1. The van der Waals surface area contributed by atoms with Gasteiger partial charge in [0.2, 0.25) is 5.91 Å². The number of hydrogen-bond donors (Lipinski definition) is 1. The molecule has 0 saturated carbocycles. The molecule has 1 amide bonds. The Morgan fingerprint density at radius 2 is 1.48 bits per heavy atom. The maximum absolute atomic E-state index is 13.7. The SMILES string of the molecule is O=C(NCC(F)(F)F)C1(CCCCN2CCN(c3ncc(-c4ccccc4)o3)CC2)c2ccccc2-c2ccccc21. The van der Waals surface area contributed by atoms with Gasteiger partial charge in [-0.3, -0.25) is 9.69 Å². The number of oxazole rings is 1. The van der Waals surface area contributed by atoms with Crippen molar-refractivity contribution < 1.29 is 22.4 Å². The number of nitrogens with one attached hydrogen (secondary N) is 1. The lowest BCUT2D eigenvalue weighted by atomic mass is 9.73. The maximum atomic E-state index is 13.7. The first kappa shape index (κ1) is 28.0. The van der Waals surface area contributed by atoms with E-state index in [9.17, 15) is 18.0 Å². The zero-order valence-electron chi connectivity index (χ0n) is 23.2. The molecule has 0 unspecified atom stereocenters. The molecule has 1 aliphatic carbocycles. The van der Waals surface area contributed by atoms with Gasteiger partial charge in [-0.05, 0) is 41.6 Å². The molecule has 6 nitrogen and oxygen atoms in total. The van der Waals surface area contributed by atoms with Crippen LogP contribution in [0.25, 0.3) is 22.5 Å². The second kappa shape index (κ2) is 11.6. The van der Waals surface area contributed by atoms with Crippen LogP contribution in [0.2, 0.25) is 0 Å². The molecule has 0 atom stereocenters. The molecular weight excluding hydrogens is 541 g/mol. The van der Waals surface area contributed by atoms with Crippen molar-refractivity contribution in [1.29, 1.82) is 0 Å². The molecule has 0 radical (unpaired) electrons. The molecule has 1 fully saturated rings. The van der Waals surface area contributed by atoms with Gasteiger partial charge in [0, 0.05) is 31.7 Å². The zero-order valence-corrected chi connectivity index (χ0v) is 23.2. The van der Waals surface area contributed by atoms with Crippen molar-refractivity contribution in [3.8, 4) is 22.5 Å². The van der Waals surface area contributed by atoms with Crippen molar-refractivity contribution in [2.75, 3.05) is 44.2 Å². The molecular formula is C33H33F3N4O2. The standard InChI is InChI=1S/C33H33F3N4O2/c34-33(35,36)23-38-30(41)32(27-14-6-4-12-25(27)26-13-5-7-15-28(26)32)16-8-9-17-39-18-20-40(21-19-39)31-37-22-29(42-31)24-10-2-1-3-11-24/h1-7,10-15,22H,8-9,16-21,23H2,(H,38,41). The molecule has 9 heteroatoms. The van der Waals surface area contributed by atoms with E-state index in [1.54, 1.807) is 6.20 Å². The third-order valence-corrected chi connectivity index (χ3v) is 8.37. The molecule has 1 aliphatic heterocycles. The Labute approximate surface area is 243 Å². The number of benzene rings is 3. The van der Waals surface area contributed by atoms with E-state index in [1.807, 2.05) is 78.9 Å². The van der Waals surface area contributed by atoms with Crippen LogP contribution in [0, 0.1) is 0 Å². The fourth-order valence-corrected chi connectivity index (χ4v) is 6.32. The molecule has 218 valence electrons. The van der Waals surface area contributed by atoms with Crippen LogP contribution in [0.15, 0.2) is 89.5 Å². The van der Waals surface area contributed by atoms with Gasteiger partial charge >= 0.3 is 6.18 Å². The van der Waals surface area contributed by atoms with Crippen molar-refractivity contribution in [3.63, 3.8) is 0 Å². The number of carbonyl (C=O) groups is 1. The Morgan fingerprint density at radius 1 is 0.857 bits per heavy atom. The molecule has 1 N–H and O–H groups in total. The van der Waals surface area contributed by atoms with E-state index in [2.05, 4.69) is 20.1 Å². The molecule has 0 spiro atoms. The minimum Gasteiger partial charge on any atom is -0.423 e. The number of fused-ring (bicyclic) bond motifs is 3. The Kier molecular flexibility index (Phi) is 7.77. The van der Waals surface area contributed by atoms with E-state index >= 15 is 0 Å². The lowest BCUT2D eigenvalue weighted by molar-refractivity contribution is -0.141. The summed E-state index contributed by atoms with van der Waals surface area (Å²) in [5.41, 5.74) is 3.22. The molecule has 2 heterocycles. The molecule has 2 aliphatic rings. The Bertz CT molecular complexity index is 1480. The number of nitrogens with zero attached hydrogens (tertiary/aromatic N) is 3. The van der Waals surface area contributed by atoms with E-state index in [4.69, 9.17) is 4.42 Å². The summed E-state index contributed by atoms with van der Waals surface area (Å²) in [5, 5.41) is 2.22. The highest BCUT2D eigenvalue weighted by atomic mass is 19.4. The van der Waals surface area contributed by atoms with Crippen molar-refractivity contribution in [3.05, 3.63) is 96.2 Å². The normalized spacial score (nSPS) is 16.2. The lowest BCUT2D eigenvalue weighted by Crippen LogP contribution is -2.47. The highest BCUT2D eigenvalue weighted by Gasteiger charge is 2.49. The third-order valence-electron chi connectivity index (χ3n) is 8.37. The van der Waals surface area contributed by atoms with Crippen LogP contribution < -0.4 is 10.2 Å². The van der Waals surface area contributed by atoms with E-state index in [0.717, 1.165) is 72.7 Å². The number of halogens is 3. The average molecular weight is 575 g/mol. The second-order valence-electron chi connectivity index (χ2n) is 11.0. The van der Waals surface area contributed by atoms with Crippen molar-refractivity contribution in [2.45, 2.75) is 30.9 Å². The predicted octanol–water partition coefficient (Wildman–Crippen LogP) is 6.28. The topological polar surface area (TPSA) is 61.6 Å². The van der Waals surface area contributed by atoms with Crippen molar-refractivity contribution in [2.24, 2.45) is 0 Å². The van der Waals surface area contributed by atoms with Gasteiger partial charge in [0.1, 0.15) is 12.0 Å². The van der Waals surface area contributed by atoms with Crippen LogP contribution in [0.1, 0.15) is 30.4 Å². The Morgan fingerprint density at radius 3 is 2.12 bits per heavy atom. The number of alkyl halides is 3. The monoisotopic (exact) mass is 574 g/mol. The number of aromatic nitrogens is 1. The van der Waals surface area contributed by atoms with Gasteiger partial charge in [-0.2, -0.15) is 13.2 Å². The van der Waals surface area contributed by atoms with Gasteiger partial charge in [0.15, 0.2) is 5.76 Å². The van der Waals surface area contributed by atoms with Crippen LogP contribution in [-0.2, 0) is 10.2 Å². The number of hydrogen-bond acceptors (Lipinski definition) is 5. The van der Waals surface area contributed by atoms with E-state index in [1.165, 1.54) is 0 Å². The van der Waals surface area contributed by atoms with Crippen LogP contribution >= 0.6 is 0 Å². The van der Waals surface area contributed by atoms with Crippen molar-refractivity contribution >= 4 is 11.9 Å². The molecule has 4 aromatic rings. The summed E-state index contributed by atoms with van der Waals surface area (Å²) in [6.45, 7) is 2.79. The van der Waals surface area contributed by atoms with E-state index in [0.29, 0.717) is 18.9 Å². The maximum Gasteiger partial charge on any atom is 0.405 e. The fourth-order valence-electron chi connectivity index (χ4n) is 6.32. The number of carbonyl (C=O) groups excluding carboxylic acids is 1. The van der Waals surface area contributed by atoms with Crippen LogP contribution in [0.4, 0.5) is 19.2 Å². The Hall–Kier alpha value is -4.11. The van der Waals surface area contributed by atoms with Gasteiger partial charge in [-0.15, -0.1) is 0 Å². The van der Waals surface area contributed by atoms with Crippen molar-refractivity contribution in [1.82, 2.24) is 15.2 Å². The lowest BCUT2D eigenvalue weighted by Gasteiger charge is -2.34. The summed E-state index contributed by atoms with van der Waals surface area (Å²) in [4.78, 5) is 22.7. The Balaban J connectivity index is 1.09. The summed E-state index contributed by atoms with van der Waals surface area (Å²) < 4.78 is 45.4. The summed E-state index contributed by atoms with van der Waals surface area (Å²) in [5.74, 6) is 0.156. The van der Waals surface area contributed by atoms with Crippen LogP contribution in [0.5, 0.6) is 0 Å². The van der Waals surface area contributed by atoms with Gasteiger partial charge in [-0.25, -0.2) is 4.98 Å². The summed E-state index contributed by atoms with van der Waals surface area (Å²) in [6, 6.07) is 25.7. The summed E-state index contributed by atoms with van der Waals surface area (Å²) in [7, 11) is 0. The van der Waals surface area contributed by atoms with Gasteiger partial charge < -0.3 is 14.6 Å². The second-order valence-corrected chi connectivity index (χ2v) is 11.0. The van der Waals surface area contributed by atoms with Crippen LogP contribution in [-0.4, -0.2) is 61.2 Å². The minimum atomic E-state index is -4.48. The van der Waals surface area contributed by atoms with Gasteiger partial charge in [0.25, 0.3) is 6.01 Å². The summed E-state index contributed by atoms with van der Waals surface area (Å²) >= 11 is 0. The number of unbranched alkanes of at least 4 members (excludes halogenated alkanes) is 1. The quantitative estimate of drug-likeness (QED) is 0.239. The molecule has 6 rings (SSSR count). The average Bonchev–Trinajstić information content (AvgIpc) is 3.61. The highest BCUT2D eigenvalue weighted by Crippen LogP contribution is 2.51. The minimum absolute atomic E-state index is 0.434. The molecule has 1 aromatic heterocycles. The van der Waals surface area contributed by atoms with Gasteiger partial charge in [0.05, 0.1) is 6.20 Å². The fraction of sp³-hybridized carbons (Fsp3) is 0.333. The number of rotatable bonds is 9. The molecule has 0 bridgehead atoms. The first-order valence-corrected chi connectivity index (χ1v) is 14.4. The molecule has 3 aromatic carbocycles. The predicted molar refractivity (Wildman–Crippen MR) is 156 cm³/mol. The number of anilines is 1. The highest BCUT2D eigenvalue weighted by molar-refractivity contribution is 6.00. The first-order chi connectivity index (χ1) is 20.3. The largest absolute Gasteiger partial charge is 0.423 e. The van der Waals surface area contributed by atoms with Crippen LogP contribution in [0.3, 0.4) is 0 Å². The number of amides is 1. The third kappa shape index (κ3) is 5.53. The zero-order chi connectivity index (χ0) is 29.2. The van der Waals surface area contributed by atoms with E-state index in [-0.39, 0.29) is 0 Å². The smallest absolute Gasteiger partial charge is 0.405 e. The summed E-state index contributed by atoms with van der Waals surface area (Å²) in [6.07, 6.45) is -0.760. The van der Waals surface area contributed by atoms with Gasteiger partial charge in [-0.1, -0.05) is 85.3 Å². The molecule has 1 saturated heterocycles. The first-order valence-electron chi connectivity index (χ1n) is 14.4.